The minimum atomic E-state index is -0.0835. The highest BCUT2D eigenvalue weighted by Crippen LogP contribution is 2.08. The van der Waals surface area contributed by atoms with Gasteiger partial charge in [-0.1, -0.05) is 36.5 Å². The average molecular weight is 396 g/mol. The molecule has 0 spiro atoms. The maximum absolute atomic E-state index is 12.0. The fourth-order valence-corrected chi connectivity index (χ4v) is 2.17. The van der Waals surface area contributed by atoms with Crippen LogP contribution in [0.4, 0.5) is 0 Å². The van der Waals surface area contributed by atoms with Gasteiger partial charge in [-0.25, -0.2) is 0 Å². The quantitative estimate of drug-likeness (QED) is 0.618. The maximum Gasteiger partial charge on any atom is 0.251 e. The van der Waals surface area contributed by atoms with Gasteiger partial charge in [0.15, 0.2) is 0 Å². The predicted molar refractivity (Wildman–Crippen MR) is 92.7 cm³/mol. The number of amides is 1. The molecule has 3 nitrogen and oxygen atoms in total. The molecule has 0 aliphatic carbocycles. The van der Waals surface area contributed by atoms with Crippen molar-refractivity contribution in [2.24, 2.45) is 5.73 Å². The van der Waals surface area contributed by atoms with Crippen LogP contribution < -0.4 is 11.1 Å². The Labute approximate surface area is 136 Å². The van der Waals surface area contributed by atoms with Crippen LogP contribution in [0.1, 0.15) is 21.5 Å². The number of carbonyl (C=O) groups is 1. The normalized spacial score (nSPS) is 10.1. The molecule has 2 rings (SSSR count). The van der Waals surface area contributed by atoms with Gasteiger partial charge >= 0.3 is 0 Å². The van der Waals surface area contributed by atoms with E-state index in [0.29, 0.717) is 17.1 Å². The lowest BCUT2D eigenvalue weighted by molar-refractivity contribution is 0.0951. The van der Waals surface area contributed by atoms with Crippen LogP contribution in [-0.4, -0.2) is 10.9 Å². The summed E-state index contributed by atoms with van der Waals surface area (Å²) in [5, 5.41) is 2.88. The summed E-state index contributed by atoms with van der Waals surface area (Å²) < 4.78 is 1.10. The van der Waals surface area contributed by atoms with Crippen molar-refractivity contribution in [1.29, 1.82) is 0 Å². The third kappa shape index (κ3) is 4.01. The highest BCUT2D eigenvalue weighted by molar-refractivity contribution is 14.1. The van der Waals surface area contributed by atoms with E-state index in [9.17, 15) is 4.79 Å². The van der Waals surface area contributed by atoms with Gasteiger partial charge < -0.3 is 11.1 Å². The molecule has 0 saturated carbocycles. The smallest absolute Gasteiger partial charge is 0.251 e. The summed E-state index contributed by atoms with van der Waals surface area (Å²) in [6.07, 6.45) is 0. The van der Waals surface area contributed by atoms with Crippen molar-refractivity contribution in [3.05, 3.63) is 68.8 Å². The molecule has 0 radical (unpaired) electrons. The number of halogens is 1. The lowest BCUT2D eigenvalue weighted by Crippen LogP contribution is -2.22. The van der Waals surface area contributed by atoms with Crippen molar-refractivity contribution < 1.29 is 4.79 Å². The van der Waals surface area contributed by atoms with Gasteiger partial charge in [-0.3, -0.25) is 4.79 Å². The lowest BCUT2D eigenvalue weighted by Gasteiger charge is -2.06. The molecule has 0 fully saturated rings. The molecule has 0 saturated heterocycles. The second-order valence-electron chi connectivity index (χ2n) is 4.25. The fourth-order valence-electron chi connectivity index (χ4n) is 1.67. The van der Waals surface area contributed by atoms with Gasteiger partial charge in [0.1, 0.15) is 4.99 Å². The molecule has 0 atom stereocenters. The van der Waals surface area contributed by atoms with E-state index >= 15 is 0 Å². The molecular formula is C15H13IN2OS. The minimum absolute atomic E-state index is 0.0835. The summed E-state index contributed by atoms with van der Waals surface area (Å²) in [6.45, 7) is 0.475. The van der Waals surface area contributed by atoms with Crippen LogP contribution in [0.3, 0.4) is 0 Å². The Balaban J connectivity index is 1.96. The van der Waals surface area contributed by atoms with E-state index in [2.05, 4.69) is 27.9 Å². The van der Waals surface area contributed by atoms with Crippen LogP contribution in [0.2, 0.25) is 0 Å². The van der Waals surface area contributed by atoms with Crippen LogP contribution in [0.25, 0.3) is 0 Å². The summed E-state index contributed by atoms with van der Waals surface area (Å²) in [7, 11) is 0. The number of benzene rings is 2. The predicted octanol–water partition coefficient (Wildman–Crippen LogP) is 2.86. The Kier molecular flexibility index (Phi) is 5.08. The van der Waals surface area contributed by atoms with Crippen molar-refractivity contribution in [1.82, 2.24) is 5.32 Å². The molecule has 0 aliphatic heterocycles. The Bertz CT molecular complexity index is 623. The highest BCUT2D eigenvalue weighted by Gasteiger charge is 2.05. The first-order valence-corrected chi connectivity index (χ1v) is 7.47. The number of carbonyl (C=O) groups excluding carboxylic acids is 1. The van der Waals surface area contributed by atoms with Crippen molar-refractivity contribution in [3.8, 4) is 0 Å². The summed E-state index contributed by atoms with van der Waals surface area (Å²) in [5.41, 5.74) is 8.02. The van der Waals surface area contributed by atoms with Gasteiger partial charge in [0.05, 0.1) is 0 Å². The summed E-state index contributed by atoms with van der Waals surface area (Å²) in [6, 6.07) is 15.0. The van der Waals surface area contributed by atoms with E-state index in [1.165, 1.54) is 0 Å². The van der Waals surface area contributed by atoms with Gasteiger partial charge in [-0.05, 0) is 52.4 Å². The highest BCUT2D eigenvalue weighted by atomic mass is 127. The van der Waals surface area contributed by atoms with Gasteiger partial charge in [0, 0.05) is 21.2 Å². The van der Waals surface area contributed by atoms with Crippen LogP contribution in [-0.2, 0) is 6.54 Å². The summed E-state index contributed by atoms with van der Waals surface area (Å²) >= 11 is 7.10. The monoisotopic (exact) mass is 396 g/mol. The van der Waals surface area contributed by atoms with Gasteiger partial charge in [-0.2, -0.15) is 0 Å². The molecule has 2 aromatic rings. The Hall–Kier alpha value is -1.47. The third-order valence-electron chi connectivity index (χ3n) is 2.80. The second-order valence-corrected chi connectivity index (χ2v) is 5.94. The van der Waals surface area contributed by atoms with Gasteiger partial charge in [0.2, 0.25) is 0 Å². The number of nitrogens with one attached hydrogen (secondary N) is 1. The molecule has 0 heterocycles. The van der Waals surface area contributed by atoms with Crippen molar-refractivity contribution in [2.45, 2.75) is 6.54 Å². The van der Waals surface area contributed by atoms with Crippen LogP contribution >= 0.6 is 34.8 Å². The zero-order valence-electron chi connectivity index (χ0n) is 10.6. The molecule has 102 valence electrons. The SMILES string of the molecule is NC(=S)c1ccc(CNC(=O)c2ccc(I)cc2)cc1. The maximum atomic E-state index is 12.0. The molecule has 20 heavy (non-hydrogen) atoms. The number of hydrogen-bond acceptors (Lipinski definition) is 2. The second kappa shape index (κ2) is 6.81. The van der Waals surface area contributed by atoms with Crippen LogP contribution in [0.5, 0.6) is 0 Å². The van der Waals surface area contributed by atoms with Crippen LogP contribution in [0, 0.1) is 3.57 Å². The number of rotatable bonds is 4. The first kappa shape index (κ1) is 14.9. The lowest BCUT2D eigenvalue weighted by atomic mass is 10.1. The standard InChI is InChI=1S/C15H13IN2OS/c16-13-7-5-12(6-8-13)15(19)18-9-10-1-3-11(4-2-10)14(17)20/h1-8H,9H2,(H2,17,20)(H,18,19). The topological polar surface area (TPSA) is 55.1 Å². The van der Waals surface area contributed by atoms with E-state index in [1.807, 2.05) is 48.5 Å². The number of thiocarbonyl (C=S) groups is 1. The first-order valence-electron chi connectivity index (χ1n) is 5.99. The molecule has 0 unspecified atom stereocenters. The molecule has 5 heteroatoms. The van der Waals surface area contributed by atoms with E-state index in [1.54, 1.807) is 0 Å². The number of hydrogen-bond donors (Lipinski definition) is 2. The fraction of sp³-hybridized carbons (Fsp3) is 0.0667. The van der Waals surface area contributed by atoms with E-state index in [4.69, 9.17) is 18.0 Å². The largest absolute Gasteiger partial charge is 0.389 e. The molecule has 2 aromatic carbocycles. The first-order chi connectivity index (χ1) is 9.56. The average Bonchev–Trinajstić information content (AvgIpc) is 2.46. The van der Waals surface area contributed by atoms with Crippen molar-refractivity contribution >= 4 is 45.7 Å². The van der Waals surface area contributed by atoms with Gasteiger partial charge in [-0.15, -0.1) is 0 Å². The zero-order chi connectivity index (χ0) is 14.5. The molecule has 0 aliphatic rings. The molecule has 3 N–H and O–H groups in total. The number of nitrogens with two attached hydrogens (primary N) is 1. The van der Waals surface area contributed by atoms with E-state index in [-0.39, 0.29) is 5.91 Å². The van der Waals surface area contributed by atoms with E-state index < -0.39 is 0 Å². The van der Waals surface area contributed by atoms with Crippen molar-refractivity contribution in [2.75, 3.05) is 0 Å². The molecule has 0 aromatic heterocycles. The summed E-state index contributed by atoms with van der Waals surface area (Å²) in [4.78, 5) is 12.3. The molecule has 0 bridgehead atoms. The van der Waals surface area contributed by atoms with Crippen LogP contribution in [0.15, 0.2) is 48.5 Å². The zero-order valence-corrected chi connectivity index (χ0v) is 13.6. The molecule has 1 amide bonds. The Morgan fingerprint density at radius 1 is 1.05 bits per heavy atom. The van der Waals surface area contributed by atoms with Gasteiger partial charge in [0.25, 0.3) is 5.91 Å². The third-order valence-corrected chi connectivity index (χ3v) is 3.75. The minimum Gasteiger partial charge on any atom is -0.389 e. The van der Waals surface area contributed by atoms with Crippen molar-refractivity contribution in [3.63, 3.8) is 0 Å². The Morgan fingerprint density at radius 3 is 2.15 bits per heavy atom. The Morgan fingerprint density at radius 2 is 1.60 bits per heavy atom. The molecular weight excluding hydrogens is 383 g/mol. The van der Waals surface area contributed by atoms with E-state index in [0.717, 1.165) is 14.7 Å². The summed E-state index contributed by atoms with van der Waals surface area (Å²) in [5.74, 6) is -0.0835.